The fourth-order valence-corrected chi connectivity index (χ4v) is 4.46. The first-order chi connectivity index (χ1) is 12.7. The first kappa shape index (κ1) is 17.3. The van der Waals surface area contributed by atoms with Gasteiger partial charge in [-0.25, -0.2) is 4.98 Å². The molecular weight excluding hydrogens is 364 g/mol. The number of carbonyl (C=O) groups is 1. The maximum Gasteiger partial charge on any atom is 0.226 e. The van der Waals surface area contributed by atoms with Crippen LogP contribution in [0.15, 0.2) is 53.9 Å². The van der Waals surface area contributed by atoms with Crippen LogP contribution in [0.1, 0.15) is 35.7 Å². The highest BCUT2D eigenvalue weighted by atomic mass is 35.5. The number of benzene rings is 2. The molecule has 0 bridgehead atoms. The molecule has 3 nitrogen and oxygen atoms in total. The maximum absolute atomic E-state index is 12.5. The van der Waals surface area contributed by atoms with Gasteiger partial charge in [0.25, 0.3) is 0 Å². The van der Waals surface area contributed by atoms with Gasteiger partial charge in [-0.15, -0.1) is 11.3 Å². The Hall–Kier alpha value is -2.17. The molecule has 3 aromatic rings. The van der Waals surface area contributed by atoms with Crippen molar-refractivity contribution in [2.45, 2.75) is 31.7 Å². The van der Waals surface area contributed by atoms with E-state index >= 15 is 0 Å². The van der Waals surface area contributed by atoms with Crippen LogP contribution in [0.4, 0.5) is 0 Å². The molecule has 1 unspecified atom stereocenters. The van der Waals surface area contributed by atoms with Crippen molar-refractivity contribution in [2.24, 2.45) is 0 Å². The number of thiazole rings is 1. The Labute approximate surface area is 162 Å². The second-order valence-corrected chi connectivity index (χ2v) is 7.84. The van der Waals surface area contributed by atoms with Gasteiger partial charge in [0.15, 0.2) is 0 Å². The molecule has 0 aliphatic heterocycles. The van der Waals surface area contributed by atoms with Crippen molar-refractivity contribution >= 4 is 28.8 Å². The van der Waals surface area contributed by atoms with Crippen molar-refractivity contribution in [3.8, 4) is 10.6 Å². The smallest absolute Gasteiger partial charge is 0.226 e. The molecule has 1 amide bonds. The second kappa shape index (κ2) is 7.60. The van der Waals surface area contributed by atoms with E-state index in [0.29, 0.717) is 11.4 Å². The van der Waals surface area contributed by atoms with Crippen molar-refractivity contribution in [3.05, 3.63) is 75.8 Å². The second-order valence-electron chi connectivity index (χ2n) is 6.54. The molecule has 132 valence electrons. The summed E-state index contributed by atoms with van der Waals surface area (Å²) >= 11 is 7.59. The number of rotatable bonds is 4. The minimum atomic E-state index is 0.0228. The van der Waals surface area contributed by atoms with Crippen LogP contribution in [-0.2, 0) is 17.6 Å². The summed E-state index contributed by atoms with van der Waals surface area (Å²) in [5, 5.41) is 6.71. The zero-order valence-electron chi connectivity index (χ0n) is 14.2. The minimum absolute atomic E-state index is 0.0228. The molecule has 2 aromatic carbocycles. The van der Waals surface area contributed by atoms with Crippen LogP contribution in [0.2, 0.25) is 5.02 Å². The van der Waals surface area contributed by atoms with Gasteiger partial charge in [0.05, 0.1) is 18.2 Å². The number of hydrogen-bond acceptors (Lipinski definition) is 3. The lowest BCUT2D eigenvalue weighted by Gasteiger charge is -2.26. The Bertz CT molecular complexity index is 937. The SMILES string of the molecule is O=C(Cc1csc(-c2cccc(Cl)c2)n1)NC1CCCc2ccccc21. The van der Waals surface area contributed by atoms with Crippen LogP contribution in [-0.4, -0.2) is 10.9 Å². The fourth-order valence-electron chi connectivity index (χ4n) is 3.46. The monoisotopic (exact) mass is 382 g/mol. The van der Waals surface area contributed by atoms with Crippen molar-refractivity contribution < 1.29 is 4.79 Å². The van der Waals surface area contributed by atoms with Gasteiger partial charge in [-0.2, -0.15) is 0 Å². The molecule has 1 aromatic heterocycles. The summed E-state index contributed by atoms with van der Waals surface area (Å²) in [4.78, 5) is 17.1. The highest BCUT2D eigenvalue weighted by Gasteiger charge is 2.21. The van der Waals surface area contributed by atoms with Crippen molar-refractivity contribution in [2.75, 3.05) is 0 Å². The largest absolute Gasteiger partial charge is 0.349 e. The summed E-state index contributed by atoms with van der Waals surface area (Å²) in [6.07, 6.45) is 3.50. The van der Waals surface area contributed by atoms with Gasteiger partial charge in [0.2, 0.25) is 5.91 Å². The van der Waals surface area contributed by atoms with Gasteiger partial charge in [-0.1, -0.05) is 48.0 Å². The Morgan fingerprint density at radius 2 is 2.12 bits per heavy atom. The van der Waals surface area contributed by atoms with E-state index in [1.54, 1.807) is 0 Å². The molecule has 1 aliphatic rings. The van der Waals surface area contributed by atoms with Gasteiger partial charge in [-0.05, 0) is 42.5 Å². The molecule has 5 heteroatoms. The average Bonchev–Trinajstić information content (AvgIpc) is 3.10. The van der Waals surface area contributed by atoms with Gasteiger partial charge < -0.3 is 5.32 Å². The van der Waals surface area contributed by atoms with Gasteiger partial charge >= 0.3 is 0 Å². The van der Waals surface area contributed by atoms with Crippen molar-refractivity contribution in [1.29, 1.82) is 0 Å². The molecular formula is C21H19ClN2OS. The number of hydrogen-bond donors (Lipinski definition) is 1. The number of carbonyl (C=O) groups excluding carboxylic acids is 1. The standard InChI is InChI=1S/C21H19ClN2OS/c22-16-8-3-7-15(11-16)21-23-17(13-26-21)12-20(25)24-19-10-4-6-14-5-1-2-9-18(14)19/h1-3,5,7-9,11,13,19H,4,6,10,12H2,(H,24,25). The van der Waals surface area contributed by atoms with Crippen molar-refractivity contribution in [3.63, 3.8) is 0 Å². The zero-order chi connectivity index (χ0) is 17.9. The number of aryl methyl sites for hydroxylation is 1. The van der Waals surface area contributed by atoms with E-state index in [-0.39, 0.29) is 11.9 Å². The molecule has 1 aliphatic carbocycles. The first-order valence-corrected chi connectivity index (χ1v) is 10.0. The molecule has 4 rings (SSSR count). The number of nitrogens with zero attached hydrogens (tertiary/aromatic N) is 1. The Balaban J connectivity index is 1.43. The van der Waals surface area contributed by atoms with E-state index in [2.05, 4.69) is 28.5 Å². The number of nitrogens with one attached hydrogen (secondary N) is 1. The topological polar surface area (TPSA) is 42.0 Å². The normalized spacial score (nSPS) is 16.1. The molecule has 1 N–H and O–H groups in total. The quantitative estimate of drug-likeness (QED) is 0.673. The van der Waals surface area contributed by atoms with Crippen LogP contribution in [0.3, 0.4) is 0 Å². The van der Waals surface area contributed by atoms with E-state index in [1.807, 2.05) is 35.7 Å². The van der Waals surface area contributed by atoms with Crippen LogP contribution in [0, 0.1) is 0 Å². The number of aromatic nitrogens is 1. The summed E-state index contributed by atoms with van der Waals surface area (Å²) < 4.78 is 0. The minimum Gasteiger partial charge on any atom is -0.349 e. The third-order valence-electron chi connectivity index (χ3n) is 4.67. The average molecular weight is 383 g/mol. The van der Waals surface area contributed by atoms with Crippen LogP contribution in [0.5, 0.6) is 0 Å². The first-order valence-electron chi connectivity index (χ1n) is 8.76. The molecule has 1 atom stereocenters. The summed E-state index contributed by atoms with van der Waals surface area (Å²) in [7, 11) is 0. The summed E-state index contributed by atoms with van der Waals surface area (Å²) in [6.45, 7) is 0. The van der Waals surface area contributed by atoms with Crippen LogP contribution < -0.4 is 5.32 Å². The molecule has 1 heterocycles. The lowest BCUT2D eigenvalue weighted by molar-refractivity contribution is -0.121. The van der Waals surface area contributed by atoms with Gasteiger partial charge in [0.1, 0.15) is 5.01 Å². The van der Waals surface area contributed by atoms with E-state index in [0.717, 1.165) is 35.5 Å². The third-order valence-corrected chi connectivity index (χ3v) is 5.84. The molecule has 0 saturated heterocycles. The van der Waals surface area contributed by atoms with Crippen molar-refractivity contribution in [1.82, 2.24) is 10.3 Å². The Kier molecular flexibility index (Phi) is 5.05. The molecule has 0 saturated carbocycles. The van der Waals surface area contributed by atoms with E-state index < -0.39 is 0 Å². The van der Waals surface area contributed by atoms with Gasteiger partial charge in [-0.3, -0.25) is 4.79 Å². The lowest BCUT2D eigenvalue weighted by atomic mass is 9.87. The Morgan fingerprint density at radius 3 is 3.00 bits per heavy atom. The van der Waals surface area contributed by atoms with E-state index in [9.17, 15) is 4.79 Å². The molecule has 0 radical (unpaired) electrons. The fraction of sp³-hybridized carbons (Fsp3) is 0.238. The molecule has 0 spiro atoms. The third kappa shape index (κ3) is 3.81. The Morgan fingerprint density at radius 1 is 1.23 bits per heavy atom. The lowest BCUT2D eigenvalue weighted by Crippen LogP contribution is -2.32. The number of amides is 1. The predicted molar refractivity (Wildman–Crippen MR) is 107 cm³/mol. The number of fused-ring (bicyclic) bond motifs is 1. The van der Waals surface area contributed by atoms with Gasteiger partial charge in [0, 0.05) is 16.0 Å². The van der Waals surface area contributed by atoms with Crippen LogP contribution in [0.25, 0.3) is 10.6 Å². The summed E-state index contributed by atoms with van der Waals surface area (Å²) in [5.41, 5.74) is 4.38. The highest BCUT2D eigenvalue weighted by Crippen LogP contribution is 2.30. The maximum atomic E-state index is 12.5. The van der Waals surface area contributed by atoms with E-state index in [4.69, 9.17) is 11.6 Å². The number of halogens is 1. The summed E-state index contributed by atoms with van der Waals surface area (Å²) in [6, 6.07) is 16.1. The van der Waals surface area contributed by atoms with E-state index in [1.165, 1.54) is 22.5 Å². The highest BCUT2D eigenvalue weighted by molar-refractivity contribution is 7.13. The van der Waals surface area contributed by atoms with Crippen LogP contribution >= 0.6 is 22.9 Å². The zero-order valence-corrected chi connectivity index (χ0v) is 15.8. The predicted octanol–water partition coefficient (Wildman–Crippen LogP) is 5.20. The summed E-state index contributed by atoms with van der Waals surface area (Å²) in [5.74, 6) is 0.0228. The molecule has 26 heavy (non-hydrogen) atoms. The molecule has 0 fully saturated rings.